The van der Waals surface area contributed by atoms with Crippen LogP contribution in [0.4, 0.5) is 5.69 Å². The highest BCUT2D eigenvalue weighted by Gasteiger charge is 2.66. The number of amides is 1. The number of aromatic nitrogens is 1. The molecule has 0 radical (unpaired) electrons. The largest absolute Gasteiger partial charge is 0.478 e. The minimum Gasteiger partial charge on any atom is -0.478 e. The number of fused-ring (bicyclic) bond motifs is 9. The van der Waals surface area contributed by atoms with Gasteiger partial charge in [-0.15, -0.1) is 4.59 Å². The summed E-state index contributed by atoms with van der Waals surface area (Å²) in [7, 11) is 3.43. The number of allylic oxidation sites excluding steroid dienone is 3. The first-order valence-electron chi connectivity index (χ1n) is 15.5. The summed E-state index contributed by atoms with van der Waals surface area (Å²) in [6.45, 7) is 2.50. The van der Waals surface area contributed by atoms with E-state index in [9.17, 15) is 19.5 Å². The lowest BCUT2D eigenvalue weighted by atomic mass is 9.90. The Labute approximate surface area is 263 Å². The summed E-state index contributed by atoms with van der Waals surface area (Å²) >= 11 is 0. The molecule has 9 rings (SSSR count). The van der Waals surface area contributed by atoms with Crippen molar-refractivity contribution in [2.45, 2.75) is 50.7 Å². The molecular weight excluding hydrogens is 584 g/mol. The lowest BCUT2D eigenvalue weighted by Crippen LogP contribution is -2.71. The van der Waals surface area contributed by atoms with Gasteiger partial charge in [0.1, 0.15) is 5.52 Å². The highest BCUT2D eigenvalue weighted by Crippen LogP contribution is 2.59. The van der Waals surface area contributed by atoms with Crippen LogP contribution < -0.4 is 15.2 Å². The van der Waals surface area contributed by atoms with Crippen molar-refractivity contribution in [1.29, 1.82) is 0 Å². The number of aliphatic imine (C=N–C) groups is 1. The van der Waals surface area contributed by atoms with Crippen molar-refractivity contribution < 1.29 is 29.0 Å². The monoisotopic (exact) mass is 615 g/mol. The number of carboxylic acids is 1. The van der Waals surface area contributed by atoms with E-state index in [0.717, 1.165) is 49.6 Å². The lowest BCUT2D eigenvalue weighted by Gasteiger charge is -2.48. The summed E-state index contributed by atoms with van der Waals surface area (Å²) < 4.78 is 15.6. The second-order valence-electron chi connectivity index (χ2n) is 12.9. The highest BCUT2D eigenvalue weighted by molar-refractivity contribution is 6.18. The molecule has 230 valence electrons. The first-order valence-corrected chi connectivity index (χ1v) is 15.5. The lowest BCUT2D eigenvalue weighted by molar-refractivity contribution is -0.179. The van der Waals surface area contributed by atoms with Crippen LogP contribution in [-0.2, 0) is 16.0 Å². The Hall–Kier alpha value is -4.90. The molecule has 0 saturated carbocycles. The summed E-state index contributed by atoms with van der Waals surface area (Å²) in [5.74, 6) is -1.27. The first-order chi connectivity index (χ1) is 22.2. The Morgan fingerprint density at radius 2 is 1.98 bits per heavy atom. The van der Waals surface area contributed by atoms with Gasteiger partial charge < -0.3 is 19.1 Å². The van der Waals surface area contributed by atoms with E-state index in [1.54, 1.807) is 31.3 Å². The van der Waals surface area contributed by atoms with Gasteiger partial charge in [0.15, 0.2) is 22.8 Å². The number of aromatic carboxylic acids is 1. The third-order valence-corrected chi connectivity index (χ3v) is 10.5. The molecule has 4 aliphatic heterocycles. The fraction of sp³-hybridized carbons (Fsp3) is 0.278. The fourth-order valence-corrected chi connectivity index (χ4v) is 8.79. The van der Waals surface area contributed by atoms with Gasteiger partial charge in [0.2, 0.25) is 0 Å². The van der Waals surface area contributed by atoms with Gasteiger partial charge in [-0.2, -0.15) is 5.01 Å². The predicted molar refractivity (Wildman–Crippen MR) is 172 cm³/mol. The number of hydrogen-bond donors (Lipinski definition) is 1. The molecule has 1 amide bonds. The quantitative estimate of drug-likeness (QED) is 0.355. The molecule has 0 spiro atoms. The summed E-state index contributed by atoms with van der Waals surface area (Å²) in [6.07, 6.45) is 14.8. The van der Waals surface area contributed by atoms with Gasteiger partial charge in [-0.05, 0) is 49.8 Å². The third-order valence-electron chi connectivity index (χ3n) is 10.5. The number of carboxylic acid groups (broad SMARTS) is 1. The molecule has 10 nitrogen and oxygen atoms in total. The Morgan fingerprint density at radius 3 is 2.74 bits per heavy atom. The van der Waals surface area contributed by atoms with E-state index in [1.807, 2.05) is 25.4 Å². The molecule has 4 atom stereocenters. The van der Waals surface area contributed by atoms with E-state index in [-0.39, 0.29) is 27.9 Å². The fourth-order valence-electron chi connectivity index (χ4n) is 8.79. The standard InChI is InChI=1S/C36H30N4O6/c1-36-14-5-15-39-25-6-4-7-27(41)30(25)29-24-18-37-17-23(24)28-22-13-12-21(46-36)16-26(22)40(35(36)45-3,32(28)31(29)39)38(2)33(42)19-8-10-20(11-9-19)34(43)44/h5-6,8-14,17-18,21,35H,4,7,15-16H2,1-3H3/p+1/b14-5-/t21-,35-,36+,40-/m0/s1. The molecule has 10 heteroatoms. The van der Waals surface area contributed by atoms with Crippen LogP contribution in [0.1, 0.15) is 68.4 Å². The Kier molecular flexibility index (Phi) is 5.42. The number of carbonyl (C=O) groups excluding carboxylic acids is 2. The zero-order valence-corrected chi connectivity index (χ0v) is 25.6. The topological polar surface area (TPSA) is 110 Å². The number of nitrogens with zero attached hydrogens (tertiary/aromatic N) is 4. The number of ether oxygens (including phenoxy) is 2. The number of quaternary nitrogens is 1. The molecule has 1 saturated heterocycles. The number of methoxy groups -OCH3 is 1. The highest BCUT2D eigenvalue weighted by atomic mass is 16.6. The van der Waals surface area contributed by atoms with Crippen LogP contribution in [0.15, 0.2) is 59.3 Å². The Balaban J connectivity index is 1.47. The molecule has 2 aromatic carbocycles. The molecular formula is C36H31N4O6+. The van der Waals surface area contributed by atoms with E-state index in [1.165, 1.54) is 12.1 Å². The van der Waals surface area contributed by atoms with Crippen molar-refractivity contribution in [2.24, 2.45) is 4.99 Å². The van der Waals surface area contributed by atoms with Gasteiger partial charge in [0.25, 0.3) is 12.1 Å². The molecule has 0 unspecified atom stereocenters. The number of rotatable bonds is 4. The minimum atomic E-state index is -1.06. The second-order valence-corrected chi connectivity index (χ2v) is 12.9. The molecule has 4 bridgehead atoms. The number of benzene rings is 2. The maximum Gasteiger partial charge on any atom is 0.335 e. The van der Waals surface area contributed by atoms with Crippen molar-refractivity contribution in [2.75, 3.05) is 14.2 Å². The van der Waals surface area contributed by atoms with E-state index >= 15 is 0 Å². The second kappa shape index (κ2) is 9.10. The normalized spacial score (nSPS) is 28.3. The Morgan fingerprint density at radius 1 is 1.20 bits per heavy atom. The third kappa shape index (κ3) is 3.16. The average Bonchev–Trinajstić information content (AvgIpc) is 3.72. The van der Waals surface area contributed by atoms with E-state index < -0.39 is 17.8 Å². The van der Waals surface area contributed by atoms with Crippen molar-refractivity contribution in [1.82, 2.24) is 14.2 Å². The predicted octanol–water partition coefficient (Wildman–Crippen LogP) is 3.65. The van der Waals surface area contributed by atoms with Gasteiger partial charge >= 0.3 is 5.97 Å². The minimum absolute atomic E-state index is 0.0988. The molecule has 5 heterocycles. The first kappa shape index (κ1) is 27.4. The number of ketones is 1. The zero-order valence-electron chi connectivity index (χ0n) is 25.6. The van der Waals surface area contributed by atoms with Gasteiger partial charge in [-0.25, -0.2) is 4.79 Å². The van der Waals surface area contributed by atoms with Crippen molar-refractivity contribution >= 4 is 58.3 Å². The Bertz CT molecular complexity index is 2240. The van der Waals surface area contributed by atoms with Gasteiger partial charge in [-0.3, -0.25) is 14.6 Å². The van der Waals surface area contributed by atoms with Crippen molar-refractivity contribution in [3.05, 3.63) is 92.7 Å². The molecule has 2 aliphatic carbocycles. The van der Waals surface area contributed by atoms with Crippen LogP contribution >= 0.6 is 0 Å². The average molecular weight is 616 g/mol. The van der Waals surface area contributed by atoms with E-state index in [0.29, 0.717) is 36.9 Å². The number of hydrogen-bond acceptors (Lipinski definition) is 6. The van der Waals surface area contributed by atoms with E-state index in [2.05, 4.69) is 33.9 Å². The van der Waals surface area contributed by atoms with Crippen LogP contribution in [0.3, 0.4) is 0 Å². The maximum absolute atomic E-state index is 14.8. The van der Waals surface area contributed by atoms with Crippen LogP contribution in [0.5, 0.6) is 0 Å². The molecule has 1 fully saturated rings. The van der Waals surface area contributed by atoms with Crippen LogP contribution in [0.25, 0.3) is 28.8 Å². The number of Topliss-reactive ketones (excluding diaryl/α,β-unsaturated/α-hetero) is 1. The van der Waals surface area contributed by atoms with E-state index in [4.69, 9.17) is 9.47 Å². The van der Waals surface area contributed by atoms with Gasteiger partial charge in [0.05, 0.1) is 36.3 Å². The van der Waals surface area contributed by atoms with Crippen LogP contribution in [0.2, 0.25) is 0 Å². The molecule has 1 N–H and O–H groups in total. The van der Waals surface area contributed by atoms with Crippen molar-refractivity contribution in [3.8, 4) is 0 Å². The summed E-state index contributed by atoms with van der Waals surface area (Å²) in [5.41, 5.74) is 5.74. The van der Waals surface area contributed by atoms with Crippen molar-refractivity contribution in [3.63, 3.8) is 0 Å². The molecule has 3 aromatic rings. The molecule has 1 aromatic heterocycles. The van der Waals surface area contributed by atoms with Gasteiger partial charge in [-0.1, -0.05) is 18.2 Å². The SMILES string of the molecule is CO[C@H]1[C@@]2(C)/C=C\Cn3c4c(c5c6c(c7c(c53)[N@@+]1(N(C)C(=O)c1ccc(C(=O)O)cc1)C1=C7C=C[C@@H](C1)O2)C=NC=6)C(=O)CCC=4. The van der Waals surface area contributed by atoms with Crippen LogP contribution in [0, 0.1) is 0 Å². The smallest absolute Gasteiger partial charge is 0.335 e. The van der Waals surface area contributed by atoms with Crippen LogP contribution in [-0.4, -0.2) is 70.6 Å². The number of carbonyl (C=O) groups is 3. The summed E-state index contributed by atoms with van der Waals surface area (Å²) in [4.78, 5) is 44.8. The summed E-state index contributed by atoms with van der Waals surface area (Å²) in [5, 5.41) is 13.9. The zero-order chi connectivity index (χ0) is 31.7. The van der Waals surface area contributed by atoms with Gasteiger partial charge in [0, 0.05) is 65.1 Å². The molecule has 6 aliphatic rings. The molecule has 46 heavy (non-hydrogen) atoms. The maximum atomic E-state index is 14.8. The summed E-state index contributed by atoms with van der Waals surface area (Å²) in [6, 6.07) is 6.00.